The summed E-state index contributed by atoms with van der Waals surface area (Å²) < 4.78 is 0. The van der Waals surface area contributed by atoms with Crippen LogP contribution in [0.4, 0.5) is 5.95 Å². The van der Waals surface area contributed by atoms with Crippen LogP contribution in [-0.2, 0) is 0 Å². The first-order valence-corrected chi connectivity index (χ1v) is 5.58. The molecule has 1 saturated heterocycles. The molecule has 82 valence electrons. The van der Waals surface area contributed by atoms with Gasteiger partial charge in [-0.1, -0.05) is 0 Å². The van der Waals surface area contributed by atoms with Crippen LogP contribution in [0.5, 0.6) is 0 Å². The molecule has 0 aromatic carbocycles. The van der Waals surface area contributed by atoms with Crippen molar-refractivity contribution in [3.63, 3.8) is 0 Å². The van der Waals surface area contributed by atoms with Crippen LogP contribution < -0.4 is 10.6 Å². The van der Waals surface area contributed by atoms with Gasteiger partial charge in [0.25, 0.3) is 0 Å². The maximum atomic E-state index is 5.80. The van der Waals surface area contributed by atoms with E-state index in [0.717, 1.165) is 12.4 Å². The molecule has 0 spiro atoms. The van der Waals surface area contributed by atoms with Crippen LogP contribution in [0.1, 0.15) is 26.2 Å². The van der Waals surface area contributed by atoms with E-state index in [0.29, 0.717) is 18.6 Å². The van der Waals surface area contributed by atoms with Crippen molar-refractivity contribution in [3.05, 3.63) is 18.5 Å². The van der Waals surface area contributed by atoms with Crippen molar-refractivity contribution in [2.75, 3.05) is 11.4 Å². The van der Waals surface area contributed by atoms with Crippen molar-refractivity contribution >= 4 is 5.95 Å². The molecule has 0 amide bonds. The van der Waals surface area contributed by atoms with Crippen molar-refractivity contribution in [3.8, 4) is 0 Å². The van der Waals surface area contributed by atoms with Gasteiger partial charge < -0.3 is 10.6 Å². The maximum Gasteiger partial charge on any atom is 0.225 e. The molecule has 2 heterocycles. The van der Waals surface area contributed by atoms with E-state index in [1.165, 1.54) is 12.8 Å². The second-order valence-corrected chi connectivity index (χ2v) is 4.13. The number of nitrogens with zero attached hydrogens (tertiary/aromatic N) is 3. The van der Waals surface area contributed by atoms with Gasteiger partial charge in [-0.2, -0.15) is 0 Å². The van der Waals surface area contributed by atoms with Crippen molar-refractivity contribution in [1.82, 2.24) is 9.97 Å². The zero-order valence-electron chi connectivity index (χ0n) is 9.13. The third kappa shape index (κ3) is 2.09. The molecule has 2 rings (SSSR count). The Morgan fingerprint density at radius 1 is 1.40 bits per heavy atom. The highest BCUT2D eigenvalue weighted by Gasteiger charge is 2.28. The molecular formula is C11H18N4. The molecule has 1 aliphatic rings. The number of nitrogens with two attached hydrogens (primary N) is 1. The van der Waals surface area contributed by atoms with Crippen LogP contribution in [0.15, 0.2) is 18.5 Å². The van der Waals surface area contributed by atoms with Gasteiger partial charge >= 0.3 is 0 Å². The van der Waals surface area contributed by atoms with Crippen LogP contribution in [0, 0.1) is 0 Å². The molecule has 2 N–H and O–H groups in total. The second kappa shape index (κ2) is 4.57. The molecule has 0 radical (unpaired) electrons. The van der Waals surface area contributed by atoms with Gasteiger partial charge in [-0.05, 0) is 32.3 Å². The molecule has 1 aliphatic heterocycles. The van der Waals surface area contributed by atoms with E-state index in [-0.39, 0.29) is 0 Å². The molecule has 4 nitrogen and oxygen atoms in total. The molecule has 0 bridgehead atoms. The van der Waals surface area contributed by atoms with Gasteiger partial charge in [-0.15, -0.1) is 0 Å². The van der Waals surface area contributed by atoms with E-state index in [9.17, 15) is 0 Å². The molecule has 1 aromatic rings. The lowest BCUT2D eigenvalue weighted by Crippen LogP contribution is -2.49. The lowest BCUT2D eigenvalue weighted by molar-refractivity contribution is 0.394. The van der Waals surface area contributed by atoms with Crippen molar-refractivity contribution in [2.24, 2.45) is 5.73 Å². The first-order chi connectivity index (χ1) is 7.33. The molecule has 15 heavy (non-hydrogen) atoms. The van der Waals surface area contributed by atoms with Crippen LogP contribution in [-0.4, -0.2) is 28.6 Å². The van der Waals surface area contributed by atoms with Gasteiger partial charge in [0, 0.05) is 31.0 Å². The topological polar surface area (TPSA) is 55.0 Å². The predicted molar refractivity (Wildman–Crippen MR) is 60.7 cm³/mol. The minimum atomic E-state index is 0.399. The molecule has 0 aliphatic carbocycles. The van der Waals surface area contributed by atoms with Crippen molar-refractivity contribution in [1.29, 1.82) is 0 Å². The number of piperidine rings is 1. The standard InChI is InChI=1S/C11H18N4/c1-9-4-2-5-10(8-12)15(9)11-13-6-3-7-14-11/h3,6-7,9-10H,2,4-5,8,12H2,1H3. The lowest BCUT2D eigenvalue weighted by atomic mass is 9.97. The minimum absolute atomic E-state index is 0.399. The zero-order chi connectivity index (χ0) is 10.7. The molecule has 4 heteroatoms. The average Bonchev–Trinajstić information content (AvgIpc) is 2.29. The van der Waals surface area contributed by atoms with Crippen LogP contribution in [0.25, 0.3) is 0 Å². The van der Waals surface area contributed by atoms with E-state index >= 15 is 0 Å². The Morgan fingerprint density at radius 2 is 2.13 bits per heavy atom. The molecule has 0 saturated carbocycles. The van der Waals surface area contributed by atoms with Crippen LogP contribution in [0.3, 0.4) is 0 Å². The predicted octanol–water partition coefficient (Wildman–Crippen LogP) is 1.18. The van der Waals surface area contributed by atoms with E-state index in [4.69, 9.17) is 5.73 Å². The van der Waals surface area contributed by atoms with Gasteiger partial charge in [-0.3, -0.25) is 0 Å². The summed E-state index contributed by atoms with van der Waals surface area (Å²) in [7, 11) is 0. The average molecular weight is 206 g/mol. The Labute approximate surface area is 90.5 Å². The molecular weight excluding hydrogens is 188 g/mol. The van der Waals surface area contributed by atoms with Gasteiger partial charge in [0.15, 0.2) is 0 Å². The summed E-state index contributed by atoms with van der Waals surface area (Å²) in [5, 5.41) is 0. The molecule has 1 fully saturated rings. The Balaban J connectivity index is 2.23. The van der Waals surface area contributed by atoms with Gasteiger partial charge in [0.05, 0.1) is 0 Å². The molecule has 2 unspecified atom stereocenters. The Morgan fingerprint density at radius 3 is 2.80 bits per heavy atom. The number of hydrogen-bond donors (Lipinski definition) is 1. The Bertz CT molecular complexity index is 301. The third-order valence-corrected chi connectivity index (χ3v) is 3.08. The number of aromatic nitrogens is 2. The maximum absolute atomic E-state index is 5.80. The quantitative estimate of drug-likeness (QED) is 0.789. The summed E-state index contributed by atoms with van der Waals surface area (Å²) in [5.41, 5.74) is 5.80. The monoisotopic (exact) mass is 206 g/mol. The molecule has 2 atom stereocenters. The third-order valence-electron chi connectivity index (χ3n) is 3.08. The molecule has 1 aromatic heterocycles. The van der Waals surface area contributed by atoms with Crippen molar-refractivity contribution < 1.29 is 0 Å². The largest absolute Gasteiger partial charge is 0.334 e. The normalized spacial score (nSPS) is 26.7. The zero-order valence-corrected chi connectivity index (χ0v) is 9.13. The summed E-state index contributed by atoms with van der Waals surface area (Å²) in [5.74, 6) is 0.820. The first-order valence-electron chi connectivity index (χ1n) is 5.58. The summed E-state index contributed by atoms with van der Waals surface area (Å²) >= 11 is 0. The second-order valence-electron chi connectivity index (χ2n) is 4.13. The van der Waals surface area contributed by atoms with Crippen molar-refractivity contribution in [2.45, 2.75) is 38.3 Å². The first kappa shape index (κ1) is 10.4. The fourth-order valence-corrected chi connectivity index (χ4v) is 2.30. The Kier molecular flexibility index (Phi) is 3.16. The summed E-state index contributed by atoms with van der Waals surface area (Å²) in [6.07, 6.45) is 7.19. The smallest absolute Gasteiger partial charge is 0.225 e. The number of anilines is 1. The summed E-state index contributed by atoms with van der Waals surface area (Å²) in [4.78, 5) is 10.9. The highest BCUT2D eigenvalue weighted by atomic mass is 15.3. The Hall–Kier alpha value is -1.16. The summed E-state index contributed by atoms with van der Waals surface area (Å²) in [6.45, 7) is 2.90. The van der Waals surface area contributed by atoms with Gasteiger partial charge in [0.1, 0.15) is 0 Å². The van der Waals surface area contributed by atoms with Crippen LogP contribution >= 0.6 is 0 Å². The van der Waals surface area contributed by atoms with E-state index in [1.54, 1.807) is 12.4 Å². The fraction of sp³-hybridized carbons (Fsp3) is 0.636. The minimum Gasteiger partial charge on any atom is -0.334 e. The SMILES string of the molecule is CC1CCCC(CN)N1c1ncccn1. The van der Waals surface area contributed by atoms with E-state index in [2.05, 4.69) is 21.8 Å². The number of hydrogen-bond acceptors (Lipinski definition) is 4. The lowest BCUT2D eigenvalue weighted by Gasteiger charge is -2.40. The number of rotatable bonds is 2. The van der Waals surface area contributed by atoms with Gasteiger partial charge in [-0.25, -0.2) is 9.97 Å². The summed E-state index contributed by atoms with van der Waals surface area (Å²) in [6, 6.07) is 2.74. The van der Waals surface area contributed by atoms with Crippen LogP contribution in [0.2, 0.25) is 0 Å². The fourth-order valence-electron chi connectivity index (χ4n) is 2.30. The van der Waals surface area contributed by atoms with Gasteiger partial charge in [0.2, 0.25) is 5.95 Å². The van der Waals surface area contributed by atoms with E-state index < -0.39 is 0 Å². The highest BCUT2D eigenvalue weighted by molar-refractivity contribution is 5.33. The highest BCUT2D eigenvalue weighted by Crippen LogP contribution is 2.25. The van der Waals surface area contributed by atoms with E-state index in [1.807, 2.05) is 6.07 Å².